The lowest BCUT2D eigenvalue weighted by Gasteiger charge is -2.43. The highest BCUT2D eigenvalue weighted by atomic mass is 16.5. The monoisotopic (exact) mass is 337 g/mol. The minimum Gasteiger partial charge on any atom is -0.368 e. The smallest absolute Gasteiger partial charge is 0.250 e. The van der Waals surface area contributed by atoms with E-state index in [1.807, 2.05) is 36.5 Å². The SMILES string of the molecule is c1ccc(-n2nnnc2N2CCC3(CC2)OCCc2cn[nH]c23)cc1. The van der Waals surface area contributed by atoms with Crippen LogP contribution in [0.3, 0.4) is 0 Å². The lowest BCUT2D eigenvalue weighted by atomic mass is 9.84. The molecule has 8 heteroatoms. The zero-order valence-corrected chi connectivity index (χ0v) is 13.8. The molecule has 128 valence electrons. The van der Waals surface area contributed by atoms with Crippen LogP contribution in [-0.4, -0.2) is 50.1 Å². The first-order valence-electron chi connectivity index (χ1n) is 8.61. The van der Waals surface area contributed by atoms with Gasteiger partial charge >= 0.3 is 0 Å². The van der Waals surface area contributed by atoms with E-state index >= 15 is 0 Å². The Morgan fingerprint density at radius 2 is 1.96 bits per heavy atom. The largest absolute Gasteiger partial charge is 0.368 e. The van der Waals surface area contributed by atoms with Gasteiger partial charge in [0.15, 0.2) is 0 Å². The van der Waals surface area contributed by atoms with Gasteiger partial charge in [-0.2, -0.15) is 9.78 Å². The summed E-state index contributed by atoms with van der Waals surface area (Å²) in [4.78, 5) is 2.23. The summed E-state index contributed by atoms with van der Waals surface area (Å²) in [5.41, 5.74) is 3.16. The van der Waals surface area contributed by atoms with Gasteiger partial charge in [0.2, 0.25) is 5.95 Å². The van der Waals surface area contributed by atoms with Crippen LogP contribution >= 0.6 is 0 Å². The molecule has 0 radical (unpaired) electrons. The number of hydrogen-bond acceptors (Lipinski definition) is 6. The molecule has 0 bridgehead atoms. The Labute approximate surface area is 144 Å². The van der Waals surface area contributed by atoms with E-state index in [1.165, 1.54) is 5.56 Å². The molecule has 1 N–H and O–H groups in total. The van der Waals surface area contributed by atoms with Crippen LogP contribution < -0.4 is 4.90 Å². The summed E-state index contributed by atoms with van der Waals surface area (Å²) in [5, 5.41) is 19.7. The predicted octanol–water partition coefficient (Wildman–Crippen LogP) is 1.45. The van der Waals surface area contributed by atoms with Gasteiger partial charge in [-0.15, -0.1) is 0 Å². The van der Waals surface area contributed by atoms with Crippen molar-refractivity contribution in [3.8, 4) is 5.69 Å². The Morgan fingerprint density at radius 1 is 1.12 bits per heavy atom. The van der Waals surface area contributed by atoms with Gasteiger partial charge in [-0.3, -0.25) is 5.10 Å². The number of nitrogens with zero attached hydrogens (tertiary/aromatic N) is 6. The third-order valence-corrected chi connectivity index (χ3v) is 5.23. The van der Waals surface area contributed by atoms with Gasteiger partial charge in [-0.25, -0.2) is 0 Å². The van der Waals surface area contributed by atoms with Gasteiger partial charge < -0.3 is 9.64 Å². The van der Waals surface area contributed by atoms with Crippen molar-refractivity contribution in [1.29, 1.82) is 0 Å². The van der Waals surface area contributed by atoms with Crippen LogP contribution in [-0.2, 0) is 16.8 Å². The van der Waals surface area contributed by atoms with Crippen molar-refractivity contribution < 1.29 is 4.74 Å². The Balaban J connectivity index is 1.40. The van der Waals surface area contributed by atoms with E-state index in [4.69, 9.17) is 4.74 Å². The van der Waals surface area contributed by atoms with Crippen molar-refractivity contribution in [3.63, 3.8) is 0 Å². The number of aromatic amines is 1. The number of tetrazole rings is 1. The number of benzene rings is 1. The quantitative estimate of drug-likeness (QED) is 0.762. The summed E-state index contributed by atoms with van der Waals surface area (Å²) in [6.07, 6.45) is 4.65. The van der Waals surface area contributed by atoms with E-state index in [2.05, 4.69) is 30.6 Å². The van der Waals surface area contributed by atoms with E-state index in [-0.39, 0.29) is 5.60 Å². The number of nitrogens with one attached hydrogen (secondary N) is 1. The third kappa shape index (κ3) is 2.32. The summed E-state index contributed by atoms with van der Waals surface area (Å²) in [6.45, 7) is 2.44. The Hall–Kier alpha value is -2.74. The number of aromatic nitrogens is 6. The number of piperidine rings is 1. The van der Waals surface area contributed by atoms with Gasteiger partial charge in [0.25, 0.3) is 0 Å². The van der Waals surface area contributed by atoms with Crippen molar-refractivity contribution in [3.05, 3.63) is 47.8 Å². The van der Waals surface area contributed by atoms with Crippen molar-refractivity contribution in [2.24, 2.45) is 0 Å². The van der Waals surface area contributed by atoms with E-state index in [1.54, 1.807) is 4.68 Å². The average Bonchev–Trinajstić information content (AvgIpc) is 3.33. The molecule has 0 atom stereocenters. The van der Waals surface area contributed by atoms with Crippen LogP contribution in [0, 0.1) is 0 Å². The van der Waals surface area contributed by atoms with Gasteiger partial charge in [0, 0.05) is 13.1 Å². The zero-order valence-electron chi connectivity index (χ0n) is 13.8. The summed E-state index contributed by atoms with van der Waals surface area (Å²) in [7, 11) is 0. The average molecular weight is 337 g/mol. The van der Waals surface area contributed by atoms with Crippen molar-refractivity contribution >= 4 is 5.95 Å². The first kappa shape index (κ1) is 14.6. The second-order valence-corrected chi connectivity index (χ2v) is 6.58. The molecule has 0 aliphatic carbocycles. The van der Waals surface area contributed by atoms with Crippen LogP contribution in [0.15, 0.2) is 36.5 Å². The van der Waals surface area contributed by atoms with Crippen molar-refractivity contribution in [2.75, 3.05) is 24.6 Å². The van der Waals surface area contributed by atoms with E-state index < -0.39 is 0 Å². The molecule has 5 rings (SSSR count). The van der Waals surface area contributed by atoms with E-state index in [0.29, 0.717) is 0 Å². The fourth-order valence-corrected chi connectivity index (χ4v) is 3.90. The molecule has 2 aliphatic rings. The molecule has 8 nitrogen and oxygen atoms in total. The molecule has 1 fully saturated rings. The zero-order chi connectivity index (χ0) is 16.7. The molecule has 0 amide bonds. The maximum absolute atomic E-state index is 6.22. The molecule has 0 saturated carbocycles. The topological polar surface area (TPSA) is 84.8 Å². The maximum Gasteiger partial charge on any atom is 0.250 e. The lowest BCUT2D eigenvalue weighted by Crippen LogP contribution is -2.47. The van der Waals surface area contributed by atoms with Crippen LogP contribution in [0.2, 0.25) is 0 Å². The van der Waals surface area contributed by atoms with Gasteiger partial charge in [0.05, 0.1) is 24.2 Å². The fourth-order valence-electron chi connectivity index (χ4n) is 3.90. The standard InChI is InChI=1S/C17H19N7O/c1-2-4-14(5-3-1)24-16(20-21-22-24)23-9-7-17(8-10-23)15-13(6-11-25-17)12-18-19-15/h1-5,12H,6-11H2,(H,18,19). The molecule has 25 heavy (non-hydrogen) atoms. The molecule has 3 aromatic rings. The van der Waals surface area contributed by atoms with Gasteiger partial charge in [-0.1, -0.05) is 23.3 Å². The maximum atomic E-state index is 6.22. The minimum absolute atomic E-state index is 0.244. The molecule has 4 heterocycles. The Morgan fingerprint density at radius 3 is 2.80 bits per heavy atom. The highest BCUT2D eigenvalue weighted by Gasteiger charge is 2.43. The molecule has 1 saturated heterocycles. The number of anilines is 1. The number of H-pyrrole nitrogens is 1. The second kappa shape index (κ2) is 5.66. The lowest BCUT2D eigenvalue weighted by molar-refractivity contribution is -0.0797. The number of rotatable bonds is 2. The molecular weight excluding hydrogens is 318 g/mol. The third-order valence-electron chi connectivity index (χ3n) is 5.23. The number of hydrogen-bond donors (Lipinski definition) is 1. The van der Waals surface area contributed by atoms with Crippen LogP contribution in [0.25, 0.3) is 5.69 Å². The Kier molecular flexibility index (Phi) is 3.30. The summed E-state index contributed by atoms with van der Waals surface area (Å²) < 4.78 is 8.01. The summed E-state index contributed by atoms with van der Waals surface area (Å²) in [5.74, 6) is 0.779. The van der Waals surface area contributed by atoms with Crippen LogP contribution in [0.5, 0.6) is 0 Å². The minimum atomic E-state index is -0.244. The molecule has 2 aliphatic heterocycles. The molecule has 2 aromatic heterocycles. The summed E-state index contributed by atoms with van der Waals surface area (Å²) in [6, 6.07) is 9.97. The van der Waals surface area contributed by atoms with E-state index in [9.17, 15) is 0 Å². The van der Waals surface area contributed by atoms with Crippen molar-refractivity contribution in [2.45, 2.75) is 24.9 Å². The number of fused-ring (bicyclic) bond motifs is 2. The second-order valence-electron chi connectivity index (χ2n) is 6.58. The van der Waals surface area contributed by atoms with Crippen LogP contribution in [0.1, 0.15) is 24.1 Å². The normalized spacial score (nSPS) is 19.1. The first-order chi connectivity index (χ1) is 12.4. The Bertz CT molecular complexity index is 864. The first-order valence-corrected chi connectivity index (χ1v) is 8.61. The van der Waals surface area contributed by atoms with Crippen LogP contribution in [0.4, 0.5) is 5.95 Å². The van der Waals surface area contributed by atoms with Crippen molar-refractivity contribution in [1.82, 2.24) is 30.4 Å². The number of para-hydroxylation sites is 1. The fraction of sp³-hybridized carbons (Fsp3) is 0.412. The van der Waals surface area contributed by atoms with E-state index in [0.717, 1.165) is 56.3 Å². The van der Waals surface area contributed by atoms with Gasteiger partial charge in [-0.05, 0) is 47.4 Å². The molecular formula is C17H19N7O. The molecule has 0 unspecified atom stereocenters. The van der Waals surface area contributed by atoms with Gasteiger partial charge in [0.1, 0.15) is 5.60 Å². The molecule has 1 spiro atoms. The highest BCUT2D eigenvalue weighted by Crippen LogP contribution is 2.40. The number of ether oxygens (including phenoxy) is 1. The molecule has 1 aromatic carbocycles. The predicted molar refractivity (Wildman–Crippen MR) is 90.5 cm³/mol. The highest BCUT2D eigenvalue weighted by molar-refractivity contribution is 5.41. The summed E-state index contributed by atoms with van der Waals surface area (Å²) >= 11 is 0.